The average molecular weight is 525 g/mol. The van der Waals surface area contributed by atoms with Gasteiger partial charge in [-0.1, -0.05) is 37.3 Å². The zero-order valence-corrected chi connectivity index (χ0v) is 22.8. The Morgan fingerprint density at radius 3 is 2.55 bits per heavy atom. The van der Waals surface area contributed by atoms with Gasteiger partial charge in [0.05, 0.1) is 18.1 Å². The number of aliphatic hydroxyl groups excluding tert-OH is 1. The van der Waals surface area contributed by atoms with Crippen LogP contribution in [-0.4, -0.2) is 71.3 Å². The van der Waals surface area contributed by atoms with Gasteiger partial charge >= 0.3 is 5.97 Å². The Balaban J connectivity index is 1.81. The highest BCUT2D eigenvalue weighted by molar-refractivity contribution is 6.05. The number of aryl methyl sites for hydroxylation is 2. The smallest absolute Gasteiger partial charge is 0.312 e. The quantitative estimate of drug-likeness (QED) is 0.256. The number of rotatable bonds is 12. The van der Waals surface area contributed by atoms with E-state index in [1.807, 2.05) is 39.0 Å². The molecule has 1 aromatic rings. The summed E-state index contributed by atoms with van der Waals surface area (Å²) in [4.78, 5) is 45.4. The third-order valence-electron chi connectivity index (χ3n) is 8.58. The molecule has 2 bridgehead atoms. The van der Waals surface area contributed by atoms with Crippen molar-refractivity contribution in [2.75, 3.05) is 31.2 Å². The standard InChI is InChI=1S/C30H40N2O6/c1-6-9-19-37-28(36)23-22-26(34)32(17-11-18-33)25(30(22)15-14-29(23,8-3)38-30)27(35)31(16-7-2)24-20(4)12-10-13-21(24)5/h6-7,10,12-13,22-23,25,33H,1-2,8-9,11,14-19H2,3-5H3/t22-,23-,25?,29+,30?/m0/s1. The molecule has 3 saturated heterocycles. The van der Waals surface area contributed by atoms with Gasteiger partial charge in [0.1, 0.15) is 17.6 Å². The van der Waals surface area contributed by atoms with Crippen molar-refractivity contribution in [3.05, 3.63) is 54.6 Å². The number of aliphatic hydroxyl groups is 1. The summed E-state index contributed by atoms with van der Waals surface area (Å²) in [6.07, 6.45) is 5.77. The second kappa shape index (κ2) is 11.0. The third-order valence-corrected chi connectivity index (χ3v) is 8.58. The van der Waals surface area contributed by atoms with Gasteiger partial charge in [-0.15, -0.1) is 13.2 Å². The van der Waals surface area contributed by atoms with Crippen molar-refractivity contribution in [3.63, 3.8) is 0 Å². The van der Waals surface area contributed by atoms with Crippen LogP contribution in [0.3, 0.4) is 0 Å². The van der Waals surface area contributed by atoms with Crippen LogP contribution < -0.4 is 4.90 Å². The second-order valence-electron chi connectivity index (χ2n) is 10.7. The number of anilines is 1. The molecule has 0 aromatic heterocycles. The molecular formula is C30H40N2O6. The van der Waals surface area contributed by atoms with E-state index in [4.69, 9.17) is 9.47 Å². The number of fused-ring (bicyclic) bond motifs is 1. The number of carbonyl (C=O) groups is 3. The van der Waals surface area contributed by atoms with Crippen molar-refractivity contribution in [1.29, 1.82) is 0 Å². The molecule has 0 saturated carbocycles. The summed E-state index contributed by atoms with van der Waals surface area (Å²) in [5.41, 5.74) is 0.661. The first-order valence-corrected chi connectivity index (χ1v) is 13.6. The lowest BCUT2D eigenvalue weighted by Crippen LogP contribution is -2.56. The van der Waals surface area contributed by atoms with Gasteiger partial charge in [-0.25, -0.2) is 0 Å². The van der Waals surface area contributed by atoms with Gasteiger partial charge in [-0.2, -0.15) is 0 Å². The molecule has 3 fully saturated rings. The van der Waals surface area contributed by atoms with Gasteiger partial charge in [0.2, 0.25) is 5.91 Å². The Labute approximate surface area is 225 Å². The van der Waals surface area contributed by atoms with Crippen molar-refractivity contribution in [2.24, 2.45) is 11.8 Å². The lowest BCUT2D eigenvalue weighted by Gasteiger charge is -2.37. The maximum Gasteiger partial charge on any atom is 0.312 e. The van der Waals surface area contributed by atoms with Gasteiger partial charge in [0, 0.05) is 25.4 Å². The molecule has 0 radical (unpaired) electrons. The summed E-state index contributed by atoms with van der Waals surface area (Å²) in [6.45, 7) is 13.9. The molecular weight excluding hydrogens is 484 g/mol. The largest absolute Gasteiger partial charge is 0.465 e. The van der Waals surface area contributed by atoms with Crippen LogP contribution in [0.4, 0.5) is 5.69 Å². The Kier molecular flexibility index (Phi) is 8.14. The van der Waals surface area contributed by atoms with Crippen LogP contribution in [0.1, 0.15) is 50.2 Å². The number of benzene rings is 1. The molecule has 8 nitrogen and oxygen atoms in total. The monoisotopic (exact) mass is 524 g/mol. The molecule has 3 aliphatic rings. The highest BCUT2D eigenvalue weighted by Gasteiger charge is 2.79. The molecule has 38 heavy (non-hydrogen) atoms. The number of amides is 2. The number of nitrogens with zero attached hydrogens (tertiary/aromatic N) is 2. The van der Waals surface area contributed by atoms with Crippen molar-refractivity contribution in [1.82, 2.24) is 4.90 Å². The van der Waals surface area contributed by atoms with E-state index in [0.717, 1.165) is 16.8 Å². The first-order chi connectivity index (χ1) is 18.2. The fraction of sp³-hybridized carbons (Fsp3) is 0.567. The number of carbonyl (C=O) groups excluding carboxylic acids is 3. The highest BCUT2D eigenvalue weighted by Crippen LogP contribution is 2.64. The van der Waals surface area contributed by atoms with Crippen molar-refractivity contribution in [3.8, 4) is 0 Å². The number of hydrogen-bond acceptors (Lipinski definition) is 6. The molecule has 2 unspecified atom stereocenters. The van der Waals surface area contributed by atoms with E-state index in [1.54, 1.807) is 22.0 Å². The van der Waals surface area contributed by atoms with Crippen LogP contribution in [0.5, 0.6) is 0 Å². The summed E-state index contributed by atoms with van der Waals surface area (Å²) in [5.74, 6) is -2.60. The predicted octanol–water partition coefficient (Wildman–Crippen LogP) is 3.48. The van der Waals surface area contributed by atoms with E-state index in [-0.39, 0.29) is 38.1 Å². The molecule has 1 aromatic carbocycles. The van der Waals surface area contributed by atoms with Gasteiger partial charge in [0.25, 0.3) is 5.91 Å². The normalized spacial score (nSPS) is 29.3. The summed E-state index contributed by atoms with van der Waals surface area (Å²) in [5, 5.41) is 9.59. The van der Waals surface area contributed by atoms with Crippen molar-refractivity contribution < 1.29 is 29.0 Å². The third kappa shape index (κ3) is 4.28. The van der Waals surface area contributed by atoms with Gasteiger partial charge in [-0.3, -0.25) is 14.4 Å². The van der Waals surface area contributed by atoms with Crippen LogP contribution in [0.15, 0.2) is 43.5 Å². The highest BCUT2D eigenvalue weighted by atomic mass is 16.6. The summed E-state index contributed by atoms with van der Waals surface area (Å²) in [6, 6.07) is 4.93. The number of para-hydroxylation sites is 1. The van der Waals surface area contributed by atoms with E-state index in [9.17, 15) is 19.5 Å². The lowest BCUT2D eigenvalue weighted by atomic mass is 9.65. The van der Waals surface area contributed by atoms with Gasteiger partial charge in [0.15, 0.2) is 0 Å². The molecule has 3 aliphatic heterocycles. The number of hydrogen-bond donors (Lipinski definition) is 1. The maximum absolute atomic E-state index is 14.6. The first kappa shape index (κ1) is 28.0. The SMILES string of the molecule is C=CCCOC(=O)[C@@H]1[C@H]2C(=O)N(CCCO)C(C(=O)N(CC=C)c3c(C)cccc3C)C23CC[C@@]1(CC)O3. The molecule has 8 heteroatoms. The number of ether oxygens (including phenoxy) is 2. The summed E-state index contributed by atoms with van der Waals surface area (Å²) in [7, 11) is 0. The van der Waals surface area contributed by atoms with Crippen LogP contribution in [0, 0.1) is 25.7 Å². The number of likely N-dealkylation sites (tertiary alicyclic amines) is 1. The topological polar surface area (TPSA) is 96.4 Å². The Morgan fingerprint density at radius 1 is 1.24 bits per heavy atom. The minimum atomic E-state index is -1.14. The van der Waals surface area contributed by atoms with Crippen LogP contribution >= 0.6 is 0 Å². The zero-order valence-electron chi connectivity index (χ0n) is 22.8. The molecule has 2 amide bonds. The zero-order chi connectivity index (χ0) is 27.7. The molecule has 1 N–H and O–H groups in total. The Morgan fingerprint density at radius 2 is 1.95 bits per heavy atom. The Hall–Kier alpha value is -2.97. The van der Waals surface area contributed by atoms with E-state index in [0.29, 0.717) is 32.1 Å². The van der Waals surface area contributed by atoms with Crippen LogP contribution in [0.2, 0.25) is 0 Å². The molecule has 206 valence electrons. The fourth-order valence-corrected chi connectivity index (χ4v) is 6.97. The fourth-order valence-electron chi connectivity index (χ4n) is 6.97. The maximum atomic E-state index is 14.6. The average Bonchev–Trinajstić information content (AvgIpc) is 3.50. The van der Waals surface area contributed by atoms with Gasteiger partial charge < -0.3 is 24.4 Å². The van der Waals surface area contributed by atoms with E-state index in [1.165, 1.54) is 0 Å². The van der Waals surface area contributed by atoms with Crippen LogP contribution in [0.25, 0.3) is 0 Å². The second-order valence-corrected chi connectivity index (χ2v) is 10.7. The van der Waals surface area contributed by atoms with E-state index >= 15 is 0 Å². The van der Waals surface area contributed by atoms with E-state index in [2.05, 4.69) is 13.2 Å². The van der Waals surface area contributed by atoms with Crippen molar-refractivity contribution >= 4 is 23.5 Å². The van der Waals surface area contributed by atoms with Crippen LogP contribution in [-0.2, 0) is 23.9 Å². The summed E-state index contributed by atoms with van der Waals surface area (Å²) < 4.78 is 12.4. The molecule has 3 heterocycles. The number of esters is 1. The molecule has 5 atom stereocenters. The minimum absolute atomic E-state index is 0.123. The predicted molar refractivity (Wildman–Crippen MR) is 144 cm³/mol. The van der Waals surface area contributed by atoms with Crippen molar-refractivity contribution in [2.45, 2.75) is 70.1 Å². The lowest BCUT2D eigenvalue weighted by molar-refractivity contribution is -0.160. The minimum Gasteiger partial charge on any atom is -0.465 e. The van der Waals surface area contributed by atoms with Gasteiger partial charge in [-0.05, 0) is 57.1 Å². The summed E-state index contributed by atoms with van der Waals surface area (Å²) >= 11 is 0. The molecule has 0 aliphatic carbocycles. The Bertz CT molecular complexity index is 1100. The molecule has 1 spiro atoms. The molecule has 4 rings (SSSR count). The van der Waals surface area contributed by atoms with E-state index < -0.39 is 35.0 Å². The first-order valence-electron chi connectivity index (χ1n) is 13.6.